The van der Waals surface area contributed by atoms with Gasteiger partial charge in [0.05, 0.1) is 5.56 Å². The van der Waals surface area contributed by atoms with Crippen LogP contribution in [0.25, 0.3) is 0 Å². The lowest BCUT2D eigenvalue weighted by Crippen LogP contribution is -2.32. The van der Waals surface area contributed by atoms with Crippen molar-refractivity contribution in [2.75, 3.05) is 25.5 Å². The molecule has 1 N–H and O–H groups in total. The molecule has 1 aromatic heterocycles. The van der Waals surface area contributed by atoms with Crippen molar-refractivity contribution in [3.8, 4) is 0 Å². The van der Waals surface area contributed by atoms with Crippen LogP contribution in [0.5, 0.6) is 0 Å². The predicted molar refractivity (Wildman–Crippen MR) is 138 cm³/mol. The van der Waals surface area contributed by atoms with E-state index >= 15 is 0 Å². The van der Waals surface area contributed by atoms with Gasteiger partial charge in [-0.3, -0.25) is 9.88 Å². The zero-order valence-corrected chi connectivity index (χ0v) is 20.7. The quantitative estimate of drug-likeness (QED) is 0.456. The number of aromatic carboxylic acids is 1. The molecule has 0 saturated heterocycles. The third kappa shape index (κ3) is 5.31. The molecule has 1 atom stereocenters. The molecule has 0 spiro atoms. The molecule has 0 aliphatic carbocycles. The number of aryl methyl sites for hydroxylation is 1. The normalized spacial score (nSPS) is 15.9. The summed E-state index contributed by atoms with van der Waals surface area (Å²) in [7, 11) is 4.29. The van der Waals surface area contributed by atoms with Crippen LogP contribution in [0, 0.1) is 5.92 Å². The second-order valence-electron chi connectivity index (χ2n) is 9.83. The van der Waals surface area contributed by atoms with Crippen molar-refractivity contribution < 1.29 is 9.90 Å². The molecule has 0 saturated carbocycles. The molecule has 2 heterocycles. The van der Waals surface area contributed by atoms with Gasteiger partial charge in [0.2, 0.25) is 0 Å². The molecule has 34 heavy (non-hydrogen) atoms. The molecular formula is C29H35N3O2. The fourth-order valence-electron chi connectivity index (χ4n) is 5.01. The Kier molecular flexibility index (Phi) is 7.32. The van der Waals surface area contributed by atoms with E-state index < -0.39 is 5.97 Å². The number of aromatic nitrogens is 1. The lowest BCUT2D eigenvalue weighted by molar-refractivity contribution is 0.0695. The summed E-state index contributed by atoms with van der Waals surface area (Å²) in [6.07, 6.45) is 6.91. The highest BCUT2D eigenvalue weighted by atomic mass is 16.4. The molecule has 4 rings (SSSR count). The molecule has 5 heteroatoms. The second kappa shape index (κ2) is 10.4. The van der Waals surface area contributed by atoms with Crippen LogP contribution in [0.15, 0.2) is 60.9 Å². The van der Waals surface area contributed by atoms with E-state index in [-0.39, 0.29) is 6.04 Å². The molecule has 3 aromatic rings. The number of hydrogen-bond donors (Lipinski definition) is 1. The first-order chi connectivity index (χ1) is 16.3. The number of hydrogen-bond acceptors (Lipinski definition) is 4. The van der Waals surface area contributed by atoms with E-state index in [2.05, 4.69) is 85.2 Å². The number of likely N-dealkylation sites (N-methyl/N-ethyl adjacent to an activating group) is 1. The van der Waals surface area contributed by atoms with Crippen LogP contribution in [0.4, 0.5) is 11.4 Å². The molecule has 1 aliphatic heterocycles. The number of pyridine rings is 1. The van der Waals surface area contributed by atoms with Crippen molar-refractivity contribution in [2.45, 2.75) is 45.6 Å². The van der Waals surface area contributed by atoms with Crippen molar-refractivity contribution in [2.24, 2.45) is 5.92 Å². The highest BCUT2D eigenvalue weighted by Crippen LogP contribution is 2.36. The predicted octanol–water partition coefficient (Wildman–Crippen LogP) is 5.91. The summed E-state index contributed by atoms with van der Waals surface area (Å²) >= 11 is 0. The molecular weight excluding hydrogens is 422 g/mol. The highest BCUT2D eigenvalue weighted by molar-refractivity contribution is 5.89. The number of fused-ring (bicyclic) bond motifs is 1. The summed E-state index contributed by atoms with van der Waals surface area (Å²) < 4.78 is 0. The third-order valence-corrected chi connectivity index (χ3v) is 6.93. The Bertz CT molecular complexity index is 1140. The maximum absolute atomic E-state index is 11.6. The van der Waals surface area contributed by atoms with E-state index in [1.165, 1.54) is 28.1 Å². The van der Waals surface area contributed by atoms with Crippen LogP contribution in [-0.4, -0.2) is 41.6 Å². The summed E-state index contributed by atoms with van der Waals surface area (Å²) in [5.74, 6) is -0.233. The minimum Gasteiger partial charge on any atom is -0.478 e. The zero-order chi connectivity index (χ0) is 24.2. The lowest BCUT2D eigenvalue weighted by Gasteiger charge is -2.35. The Labute approximate surface area is 203 Å². The number of nitrogens with zero attached hydrogens (tertiary/aromatic N) is 3. The van der Waals surface area contributed by atoms with Gasteiger partial charge < -0.3 is 10.0 Å². The van der Waals surface area contributed by atoms with Crippen molar-refractivity contribution >= 4 is 17.3 Å². The Balaban J connectivity index is 1.52. The number of carboxylic acid groups (broad SMARTS) is 1. The molecule has 1 aliphatic rings. The van der Waals surface area contributed by atoms with E-state index in [9.17, 15) is 9.90 Å². The van der Waals surface area contributed by atoms with Crippen LogP contribution in [0.2, 0.25) is 0 Å². The maximum atomic E-state index is 11.6. The first-order valence-electron chi connectivity index (χ1n) is 12.2. The van der Waals surface area contributed by atoms with Crippen molar-refractivity contribution in [3.05, 3.63) is 88.7 Å². The number of anilines is 2. The van der Waals surface area contributed by atoms with E-state index in [0.29, 0.717) is 17.9 Å². The largest absolute Gasteiger partial charge is 0.478 e. The minimum absolute atomic E-state index is 0.264. The van der Waals surface area contributed by atoms with Crippen LogP contribution >= 0.6 is 0 Å². The maximum Gasteiger partial charge on any atom is 0.336 e. The highest BCUT2D eigenvalue weighted by Gasteiger charge is 2.26. The summed E-state index contributed by atoms with van der Waals surface area (Å²) in [5, 5.41) is 9.50. The Morgan fingerprint density at radius 3 is 2.59 bits per heavy atom. The van der Waals surface area contributed by atoms with Gasteiger partial charge in [-0.2, -0.15) is 0 Å². The van der Waals surface area contributed by atoms with Gasteiger partial charge in [0.25, 0.3) is 0 Å². The Hall–Kier alpha value is -3.18. The van der Waals surface area contributed by atoms with E-state index in [0.717, 1.165) is 31.4 Å². The van der Waals surface area contributed by atoms with Crippen LogP contribution in [0.3, 0.4) is 0 Å². The van der Waals surface area contributed by atoms with Crippen molar-refractivity contribution in [1.29, 1.82) is 0 Å². The van der Waals surface area contributed by atoms with Gasteiger partial charge in [0.15, 0.2) is 0 Å². The van der Waals surface area contributed by atoms with Gasteiger partial charge in [-0.1, -0.05) is 32.0 Å². The van der Waals surface area contributed by atoms with Crippen LogP contribution in [-0.2, 0) is 19.3 Å². The molecule has 0 fully saturated rings. The molecule has 0 unspecified atom stereocenters. The Morgan fingerprint density at radius 1 is 1.15 bits per heavy atom. The smallest absolute Gasteiger partial charge is 0.336 e. The fraction of sp³-hybridized carbons (Fsp3) is 0.379. The lowest BCUT2D eigenvalue weighted by atomic mass is 9.88. The SMILES string of the molecule is CC(C)Cc1ccc(N(C)c2ccc3c(c2)CCN(C)[C@@H]3CCc2cnccc2C(=O)O)cc1. The average molecular weight is 458 g/mol. The first-order valence-corrected chi connectivity index (χ1v) is 12.2. The van der Waals surface area contributed by atoms with Crippen molar-refractivity contribution in [1.82, 2.24) is 9.88 Å². The van der Waals surface area contributed by atoms with Gasteiger partial charge in [0, 0.05) is 43.4 Å². The molecule has 0 radical (unpaired) electrons. The number of benzene rings is 2. The number of carbonyl (C=O) groups is 1. The summed E-state index contributed by atoms with van der Waals surface area (Å²) in [6, 6.07) is 17.5. The molecule has 5 nitrogen and oxygen atoms in total. The second-order valence-corrected chi connectivity index (χ2v) is 9.83. The summed E-state index contributed by atoms with van der Waals surface area (Å²) in [5.41, 5.74) is 7.64. The fourth-order valence-corrected chi connectivity index (χ4v) is 5.01. The Morgan fingerprint density at radius 2 is 1.88 bits per heavy atom. The van der Waals surface area contributed by atoms with Crippen LogP contribution < -0.4 is 4.90 Å². The number of carboxylic acids is 1. The number of rotatable bonds is 8. The first kappa shape index (κ1) is 24.0. The van der Waals surface area contributed by atoms with Crippen molar-refractivity contribution in [3.63, 3.8) is 0 Å². The molecule has 0 bridgehead atoms. The molecule has 0 amide bonds. The molecule has 178 valence electrons. The summed E-state index contributed by atoms with van der Waals surface area (Å²) in [6.45, 7) is 5.49. The van der Waals surface area contributed by atoms with E-state index in [1.54, 1.807) is 18.5 Å². The average Bonchev–Trinajstić information content (AvgIpc) is 2.83. The molecule has 2 aromatic carbocycles. The van der Waals surface area contributed by atoms with E-state index in [4.69, 9.17) is 0 Å². The van der Waals surface area contributed by atoms with Crippen LogP contribution in [0.1, 0.15) is 58.9 Å². The monoisotopic (exact) mass is 457 g/mol. The van der Waals surface area contributed by atoms with Gasteiger partial charge in [-0.25, -0.2) is 4.79 Å². The van der Waals surface area contributed by atoms with Gasteiger partial charge in [0.1, 0.15) is 0 Å². The third-order valence-electron chi connectivity index (χ3n) is 6.93. The topological polar surface area (TPSA) is 56.7 Å². The zero-order valence-electron chi connectivity index (χ0n) is 20.7. The van der Waals surface area contributed by atoms with Gasteiger partial charge >= 0.3 is 5.97 Å². The summed E-state index contributed by atoms with van der Waals surface area (Å²) in [4.78, 5) is 20.4. The van der Waals surface area contributed by atoms with Gasteiger partial charge in [-0.05, 0) is 91.2 Å². The van der Waals surface area contributed by atoms with E-state index in [1.807, 2.05) is 0 Å². The minimum atomic E-state index is -0.889. The van der Waals surface area contributed by atoms with Gasteiger partial charge in [-0.15, -0.1) is 0 Å². The standard InChI is InChI=1S/C29H35N3O2/c1-20(2)17-21-5-8-24(9-6-21)32(4)25-10-11-26-22(18-25)14-16-31(3)28(26)12-7-23-19-30-15-13-27(23)29(33)34/h5-6,8-11,13,15,18-20,28H,7,12,14,16-17H2,1-4H3,(H,33,34)/t28-/m1/s1.